The molecule has 1 saturated heterocycles. The number of ether oxygens (including phenoxy) is 1. The molecule has 0 radical (unpaired) electrons. The predicted octanol–water partition coefficient (Wildman–Crippen LogP) is 2.75. The van der Waals surface area contributed by atoms with Gasteiger partial charge in [0.15, 0.2) is 15.9 Å². The Balaban J connectivity index is 1.59. The third-order valence-electron chi connectivity index (χ3n) is 6.20. The first kappa shape index (κ1) is 22.8. The maximum Gasteiger partial charge on any atom is 0.258 e. The number of benzene rings is 1. The van der Waals surface area contributed by atoms with Crippen molar-refractivity contribution in [3.8, 4) is 16.2 Å². The standard InChI is InChI=1S/C22H26N2O6S2/c23-21(26)20(15-3-4-15)30-16-7-5-14(6-8-16)17-9-10-18(31-17)22(13-19(25)24-27)11-1-2-12-32(22,28)29/h5-10,15,20,27H,1-4,11-13H2,(H2,23,26)(H,24,25)/t20?,22-/m0/s1. The Kier molecular flexibility index (Phi) is 6.28. The van der Waals surface area contributed by atoms with Crippen molar-refractivity contribution in [1.82, 2.24) is 5.48 Å². The Morgan fingerprint density at radius 2 is 1.91 bits per heavy atom. The summed E-state index contributed by atoms with van der Waals surface area (Å²) in [4.78, 5) is 25.0. The molecule has 0 spiro atoms. The summed E-state index contributed by atoms with van der Waals surface area (Å²) in [6, 6.07) is 10.8. The molecule has 32 heavy (non-hydrogen) atoms. The first-order valence-electron chi connectivity index (χ1n) is 10.6. The van der Waals surface area contributed by atoms with Gasteiger partial charge in [-0.1, -0.05) is 6.42 Å². The van der Waals surface area contributed by atoms with E-state index in [2.05, 4.69) is 0 Å². The van der Waals surface area contributed by atoms with Gasteiger partial charge in [0.25, 0.3) is 5.91 Å². The summed E-state index contributed by atoms with van der Waals surface area (Å²) in [6.07, 6.45) is 2.53. The monoisotopic (exact) mass is 478 g/mol. The van der Waals surface area contributed by atoms with Crippen molar-refractivity contribution >= 4 is 33.0 Å². The molecule has 4 rings (SSSR count). The van der Waals surface area contributed by atoms with E-state index in [4.69, 9.17) is 15.7 Å². The maximum absolute atomic E-state index is 13.1. The number of rotatable bonds is 8. The van der Waals surface area contributed by atoms with E-state index in [1.54, 1.807) is 23.7 Å². The number of hydrogen-bond donors (Lipinski definition) is 3. The first-order chi connectivity index (χ1) is 15.3. The molecular formula is C22H26N2O6S2. The van der Waals surface area contributed by atoms with Crippen molar-refractivity contribution in [3.63, 3.8) is 0 Å². The number of primary amides is 1. The van der Waals surface area contributed by atoms with Gasteiger partial charge in [0, 0.05) is 15.7 Å². The van der Waals surface area contributed by atoms with E-state index in [9.17, 15) is 18.0 Å². The average Bonchev–Trinajstić information content (AvgIpc) is 3.48. The zero-order valence-corrected chi connectivity index (χ0v) is 19.1. The minimum absolute atomic E-state index is 0.0208. The zero-order chi connectivity index (χ0) is 22.9. The van der Waals surface area contributed by atoms with Crippen LogP contribution in [-0.4, -0.2) is 37.3 Å². The third kappa shape index (κ3) is 4.39. The number of nitrogens with two attached hydrogens (primary N) is 1. The van der Waals surface area contributed by atoms with Gasteiger partial charge < -0.3 is 10.5 Å². The van der Waals surface area contributed by atoms with Gasteiger partial charge in [0.1, 0.15) is 10.5 Å². The molecule has 2 atom stereocenters. The highest BCUT2D eigenvalue weighted by Gasteiger charge is 2.49. The number of sulfone groups is 1. The van der Waals surface area contributed by atoms with Crippen molar-refractivity contribution < 1.29 is 28.0 Å². The summed E-state index contributed by atoms with van der Waals surface area (Å²) < 4.78 is 30.6. The number of nitrogens with one attached hydrogen (secondary N) is 1. The number of carbonyl (C=O) groups excluding carboxylic acids is 2. The minimum Gasteiger partial charge on any atom is -0.480 e. The lowest BCUT2D eigenvalue weighted by Gasteiger charge is -2.35. The Morgan fingerprint density at radius 1 is 1.19 bits per heavy atom. The molecular weight excluding hydrogens is 452 g/mol. The van der Waals surface area contributed by atoms with Crippen molar-refractivity contribution in [2.24, 2.45) is 11.7 Å². The second-order valence-corrected chi connectivity index (χ2v) is 12.0. The van der Waals surface area contributed by atoms with Crippen LogP contribution >= 0.6 is 11.3 Å². The van der Waals surface area contributed by atoms with Crippen LogP contribution in [0.25, 0.3) is 10.4 Å². The van der Waals surface area contributed by atoms with Crippen molar-refractivity contribution in [1.29, 1.82) is 0 Å². The molecule has 1 aromatic heterocycles. The summed E-state index contributed by atoms with van der Waals surface area (Å²) in [5.74, 6) is -0.437. The van der Waals surface area contributed by atoms with Crippen LogP contribution in [0, 0.1) is 5.92 Å². The van der Waals surface area contributed by atoms with Gasteiger partial charge >= 0.3 is 0 Å². The highest BCUT2D eigenvalue weighted by molar-refractivity contribution is 7.92. The number of thiophene rings is 1. The quantitative estimate of drug-likeness (QED) is 0.394. The predicted molar refractivity (Wildman–Crippen MR) is 120 cm³/mol. The van der Waals surface area contributed by atoms with Crippen LogP contribution in [0.4, 0.5) is 0 Å². The topological polar surface area (TPSA) is 136 Å². The second-order valence-electron chi connectivity index (χ2n) is 8.45. The molecule has 172 valence electrons. The minimum atomic E-state index is -3.57. The fourth-order valence-electron chi connectivity index (χ4n) is 4.28. The van der Waals surface area contributed by atoms with Gasteiger partial charge in [-0.3, -0.25) is 14.8 Å². The molecule has 10 heteroatoms. The van der Waals surface area contributed by atoms with Crippen molar-refractivity contribution in [2.75, 3.05) is 5.75 Å². The van der Waals surface area contributed by atoms with E-state index >= 15 is 0 Å². The van der Waals surface area contributed by atoms with Crippen LogP contribution in [0.2, 0.25) is 0 Å². The molecule has 2 aromatic rings. The van der Waals surface area contributed by atoms with Crippen LogP contribution < -0.4 is 16.0 Å². The maximum atomic E-state index is 13.1. The highest BCUT2D eigenvalue weighted by Crippen LogP contribution is 2.47. The Labute approximate surface area is 190 Å². The Bertz CT molecular complexity index is 1110. The largest absolute Gasteiger partial charge is 0.480 e. The summed E-state index contributed by atoms with van der Waals surface area (Å²) in [5.41, 5.74) is 7.89. The van der Waals surface area contributed by atoms with E-state index in [0.717, 1.165) is 23.3 Å². The first-order valence-corrected chi connectivity index (χ1v) is 13.0. The molecule has 2 aliphatic rings. The van der Waals surface area contributed by atoms with Crippen LogP contribution in [0.3, 0.4) is 0 Å². The fourth-order valence-corrected chi connectivity index (χ4v) is 8.07. The molecule has 2 amide bonds. The van der Waals surface area contributed by atoms with Crippen molar-refractivity contribution in [2.45, 2.75) is 49.4 Å². The van der Waals surface area contributed by atoms with Crippen LogP contribution in [-0.2, 0) is 24.2 Å². The molecule has 1 aromatic carbocycles. The lowest BCUT2D eigenvalue weighted by atomic mass is 9.94. The highest BCUT2D eigenvalue weighted by atomic mass is 32.2. The van der Waals surface area contributed by atoms with Crippen LogP contribution in [0.1, 0.15) is 43.4 Å². The summed E-state index contributed by atoms with van der Waals surface area (Å²) >= 11 is 1.33. The number of amides is 2. The smallest absolute Gasteiger partial charge is 0.258 e. The third-order valence-corrected chi connectivity index (χ3v) is 10.3. The Hall–Kier alpha value is -2.43. The zero-order valence-electron chi connectivity index (χ0n) is 17.5. The van der Waals surface area contributed by atoms with Gasteiger partial charge in [-0.15, -0.1) is 11.3 Å². The summed E-state index contributed by atoms with van der Waals surface area (Å²) in [7, 11) is -3.57. The lowest BCUT2D eigenvalue weighted by Crippen LogP contribution is -2.43. The fraction of sp³-hybridized carbons (Fsp3) is 0.455. The van der Waals surface area contributed by atoms with Gasteiger partial charge in [-0.25, -0.2) is 13.9 Å². The summed E-state index contributed by atoms with van der Waals surface area (Å²) in [6.45, 7) is 0. The number of hydrogen-bond acceptors (Lipinski definition) is 7. The van der Waals surface area contributed by atoms with E-state index in [0.29, 0.717) is 29.9 Å². The molecule has 2 fully saturated rings. The average molecular weight is 479 g/mol. The normalized spacial score (nSPS) is 23.3. The summed E-state index contributed by atoms with van der Waals surface area (Å²) in [5, 5.41) is 9.01. The number of hydroxylamine groups is 1. The molecule has 1 aliphatic carbocycles. The van der Waals surface area contributed by atoms with Gasteiger partial charge in [-0.05, 0) is 67.6 Å². The van der Waals surface area contributed by atoms with Crippen LogP contribution in [0.5, 0.6) is 5.75 Å². The Morgan fingerprint density at radius 3 is 2.50 bits per heavy atom. The molecule has 2 heterocycles. The molecule has 0 bridgehead atoms. The molecule has 1 saturated carbocycles. The molecule has 8 nitrogen and oxygen atoms in total. The molecule has 1 unspecified atom stereocenters. The SMILES string of the molecule is NC(=O)C(Oc1ccc(-c2ccc([C@@]3(CC(=O)NO)CCCCS3(=O)=O)s2)cc1)C1CC1. The van der Waals surface area contributed by atoms with E-state index in [1.807, 2.05) is 18.2 Å². The molecule has 1 aliphatic heterocycles. The lowest BCUT2D eigenvalue weighted by molar-refractivity contribution is -0.130. The second kappa shape index (κ2) is 8.84. The van der Waals surface area contributed by atoms with Gasteiger partial charge in [0.05, 0.1) is 12.2 Å². The number of carbonyl (C=O) groups is 2. The molecule has 4 N–H and O–H groups in total. The van der Waals surface area contributed by atoms with Gasteiger partial charge in [-0.2, -0.15) is 0 Å². The van der Waals surface area contributed by atoms with Crippen LogP contribution in [0.15, 0.2) is 36.4 Å². The van der Waals surface area contributed by atoms with E-state index in [-0.39, 0.29) is 18.1 Å². The van der Waals surface area contributed by atoms with Crippen molar-refractivity contribution in [3.05, 3.63) is 41.3 Å². The van der Waals surface area contributed by atoms with E-state index in [1.165, 1.54) is 11.3 Å². The van der Waals surface area contributed by atoms with Gasteiger partial charge in [0.2, 0.25) is 5.91 Å². The van der Waals surface area contributed by atoms with E-state index < -0.39 is 32.5 Å².